The molecule has 1 amide bonds. The summed E-state index contributed by atoms with van der Waals surface area (Å²) in [5, 5.41) is 2.48. The van der Waals surface area contributed by atoms with Crippen LogP contribution in [0.15, 0.2) is 30.5 Å². The molecule has 0 aliphatic carbocycles. The van der Waals surface area contributed by atoms with Crippen LogP contribution in [0.5, 0.6) is 0 Å². The number of pyridine rings is 1. The van der Waals surface area contributed by atoms with Crippen molar-refractivity contribution in [3.8, 4) is 0 Å². The highest BCUT2D eigenvalue weighted by Gasteiger charge is 2.34. The number of nitrogens with one attached hydrogen (secondary N) is 2. The largest absolute Gasteiger partial charge is 0.418 e. The number of alkyl halides is 3. The van der Waals surface area contributed by atoms with Crippen molar-refractivity contribution < 1.29 is 26.4 Å². The Kier molecular flexibility index (Phi) is 5.99. The Morgan fingerprint density at radius 3 is 2.03 bits per heavy atom. The Bertz CT molecular complexity index is 1030. The van der Waals surface area contributed by atoms with E-state index in [0.29, 0.717) is 6.20 Å². The zero-order valence-electron chi connectivity index (χ0n) is 16.6. The number of carbonyl (C=O) groups excluding carboxylic acids is 1. The van der Waals surface area contributed by atoms with Crippen molar-refractivity contribution in [2.45, 2.75) is 45.5 Å². The van der Waals surface area contributed by atoms with Crippen LogP contribution in [-0.4, -0.2) is 24.1 Å². The van der Waals surface area contributed by atoms with Gasteiger partial charge in [0.25, 0.3) is 5.91 Å². The molecule has 0 unspecified atom stereocenters. The monoisotopic (exact) mass is 429 g/mol. The second-order valence-corrected chi connectivity index (χ2v) is 9.95. The number of sulfonamides is 1. The van der Waals surface area contributed by atoms with E-state index in [1.807, 2.05) is 0 Å². The SMILES string of the molecule is Cc1c(C(F)(F)F)cnc(NC(=O)c2ccc(NS(=O)(=O)C(C)(C)C)cc2)c1C. The first kappa shape index (κ1) is 22.7. The summed E-state index contributed by atoms with van der Waals surface area (Å²) in [5.74, 6) is -0.553. The maximum absolute atomic E-state index is 12.9. The molecule has 0 fully saturated rings. The van der Waals surface area contributed by atoms with Crippen LogP contribution in [0.2, 0.25) is 0 Å². The fraction of sp³-hybridized carbons (Fsp3) is 0.368. The Balaban J connectivity index is 2.20. The van der Waals surface area contributed by atoms with Gasteiger partial charge in [0, 0.05) is 17.4 Å². The Hall–Kier alpha value is -2.62. The fourth-order valence-corrected chi connectivity index (χ4v) is 3.04. The third kappa shape index (κ3) is 5.06. The summed E-state index contributed by atoms with van der Waals surface area (Å²) in [5.41, 5.74) is -0.181. The van der Waals surface area contributed by atoms with Crippen molar-refractivity contribution in [2.75, 3.05) is 10.0 Å². The zero-order valence-corrected chi connectivity index (χ0v) is 17.4. The highest BCUT2D eigenvalue weighted by molar-refractivity contribution is 7.94. The molecule has 0 radical (unpaired) electrons. The summed E-state index contributed by atoms with van der Waals surface area (Å²) in [6.45, 7) is 7.42. The first-order valence-electron chi connectivity index (χ1n) is 8.60. The van der Waals surface area contributed by atoms with E-state index in [-0.39, 0.29) is 28.2 Å². The number of carbonyl (C=O) groups is 1. The van der Waals surface area contributed by atoms with Gasteiger partial charge in [-0.05, 0) is 70.0 Å². The second-order valence-electron chi connectivity index (χ2n) is 7.52. The highest BCUT2D eigenvalue weighted by Crippen LogP contribution is 2.34. The number of rotatable bonds is 4. The number of hydrogen-bond acceptors (Lipinski definition) is 4. The fourth-order valence-electron chi connectivity index (χ4n) is 2.29. The van der Waals surface area contributed by atoms with E-state index in [1.165, 1.54) is 38.1 Å². The van der Waals surface area contributed by atoms with E-state index in [2.05, 4.69) is 15.0 Å². The van der Waals surface area contributed by atoms with Crippen LogP contribution in [-0.2, 0) is 16.2 Å². The Labute approximate surface area is 167 Å². The molecule has 0 spiro atoms. The van der Waals surface area contributed by atoms with Crippen molar-refractivity contribution in [1.82, 2.24) is 4.98 Å². The van der Waals surface area contributed by atoms with Crippen LogP contribution in [0, 0.1) is 13.8 Å². The maximum Gasteiger partial charge on any atom is 0.418 e. The van der Waals surface area contributed by atoms with E-state index in [9.17, 15) is 26.4 Å². The number of halogens is 3. The molecule has 6 nitrogen and oxygen atoms in total. The van der Waals surface area contributed by atoms with Crippen molar-refractivity contribution in [3.05, 3.63) is 52.7 Å². The minimum Gasteiger partial charge on any atom is -0.306 e. The van der Waals surface area contributed by atoms with Crippen molar-refractivity contribution in [2.24, 2.45) is 0 Å². The molecule has 2 aromatic rings. The van der Waals surface area contributed by atoms with Crippen molar-refractivity contribution in [1.29, 1.82) is 0 Å². The van der Waals surface area contributed by atoms with Gasteiger partial charge in [0.2, 0.25) is 10.0 Å². The molecule has 0 bridgehead atoms. The number of amides is 1. The Morgan fingerprint density at radius 2 is 1.55 bits per heavy atom. The first-order chi connectivity index (χ1) is 13.1. The van der Waals surface area contributed by atoms with Gasteiger partial charge < -0.3 is 5.32 Å². The summed E-state index contributed by atoms with van der Waals surface area (Å²) in [7, 11) is -3.61. The first-order valence-corrected chi connectivity index (χ1v) is 10.1. The lowest BCUT2D eigenvalue weighted by Gasteiger charge is -2.20. The standard InChI is InChI=1S/C19H22F3N3O3S/c1-11-12(2)16(23-10-15(11)19(20,21)22)24-17(26)13-6-8-14(9-7-13)25-29(27,28)18(3,4)5/h6-10,25H,1-5H3,(H,23,24,26). The van der Waals surface area contributed by atoms with E-state index < -0.39 is 32.4 Å². The number of anilines is 2. The summed E-state index contributed by atoms with van der Waals surface area (Å²) < 4.78 is 64.6. The second kappa shape index (κ2) is 7.66. The lowest BCUT2D eigenvalue weighted by molar-refractivity contribution is -0.138. The van der Waals surface area contributed by atoms with Gasteiger partial charge >= 0.3 is 6.18 Å². The molecule has 0 aliphatic rings. The van der Waals surface area contributed by atoms with Gasteiger partial charge in [-0.3, -0.25) is 9.52 Å². The zero-order chi connectivity index (χ0) is 22.2. The molecule has 1 aromatic carbocycles. The summed E-state index contributed by atoms with van der Waals surface area (Å²) in [4.78, 5) is 16.1. The quantitative estimate of drug-likeness (QED) is 0.749. The number of benzene rings is 1. The van der Waals surface area contributed by atoms with Gasteiger partial charge in [-0.1, -0.05) is 0 Å². The molecular weight excluding hydrogens is 407 g/mol. The average molecular weight is 429 g/mol. The molecule has 158 valence electrons. The lowest BCUT2D eigenvalue weighted by atomic mass is 10.1. The Morgan fingerprint density at radius 1 is 1.00 bits per heavy atom. The molecule has 2 N–H and O–H groups in total. The van der Waals surface area contributed by atoms with Crippen LogP contribution >= 0.6 is 0 Å². The van der Waals surface area contributed by atoms with Gasteiger partial charge in [0.1, 0.15) is 5.82 Å². The minimum absolute atomic E-state index is 0.0188. The van der Waals surface area contributed by atoms with Gasteiger partial charge in [-0.25, -0.2) is 13.4 Å². The molecule has 0 atom stereocenters. The smallest absolute Gasteiger partial charge is 0.306 e. The van der Waals surface area contributed by atoms with Gasteiger partial charge in [0.15, 0.2) is 0 Å². The minimum atomic E-state index is -4.53. The molecule has 10 heteroatoms. The number of hydrogen-bond donors (Lipinski definition) is 2. The summed E-state index contributed by atoms with van der Waals surface area (Å²) >= 11 is 0. The molecule has 0 saturated carbocycles. The molecule has 0 aliphatic heterocycles. The number of aromatic nitrogens is 1. The van der Waals surface area contributed by atoms with E-state index in [0.717, 1.165) is 0 Å². The molecular formula is C19H22F3N3O3S. The van der Waals surface area contributed by atoms with Gasteiger partial charge in [-0.2, -0.15) is 13.2 Å². The number of nitrogens with zero attached hydrogens (tertiary/aromatic N) is 1. The van der Waals surface area contributed by atoms with Crippen molar-refractivity contribution >= 4 is 27.4 Å². The predicted molar refractivity (Wildman–Crippen MR) is 105 cm³/mol. The summed E-state index contributed by atoms with van der Waals surface area (Å²) in [6.07, 6.45) is -3.84. The molecule has 1 aromatic heterocycles. The highest BCUT2D eigenvalue weighted by atomic mass is 32.2. The van der Waals surface area contributed by atoms with Crippen LogP contribution in [0.3, 0.4) is 0 Å². The van der Waals surface area contributed by atoms with E-state index >= 15 is 0 Å². The van der Waals surface area contributed by atoms with E-state index in [1.54, 1.807) is 20.8 Å². The summed E-state index contributed by atoms with van der Waals surface area (Å²) in [6, 6.07) is 5.66. The average Bonchev–Trinajstić information content (AvgIpc) is 2.57. The van der Waals surface area contributed by atoms with Crippen LogP contribution in [0.4, 0.5) is 24.7 Å². The third-order valence-corrected chi connectivity index (χ3v) is 6.50. The van der Waals surface area contributed by atoms with Crippen molar-refractivity contribution in [3.63, 3.8) is 0 Å². The van der Waals surface area contributed by atoms with Crippen LogP contribution in [0.25, 0.3) is 0 Å². The van der Waals surface area contributed by atoms with E-state index in [4.69, 9.17) is 0 Å². The van der Waals surface area contributed by atoms with Crippen LogP contribution < -0.4 is 10.0 Å². The maximum atomic E-state index is 12.9. The molecule has 0 saturated heterocycles. The predicted octanol–water partition coefficient (Wildman–Crippen LogP) is 4.51. The van der Waals surface area contributed by atoms with Gasteiger partial charge in [-0.15, -0.1) is 0 Å². The lowest BCUT2D eigenvalue weighted by Crippen LogP contribution is -2.33. The topological polar surface area (TPSA) is 88.2 Å². The third-order valence-electron chi connectivity index (χ3n) is 4.39. The van der Waals surface area contributed by atoms with Gasteiger partial charge in [0.05, 0.1) is 10.3 Å². The normalized spacial score (nSPS) is 12.6. The van der Waals surface area contributed by atoms with Crippen LogP contribution in [0.1, 0.15) is 47.8 Å². The molecule has 1 heterocycles. The molecule has 29 heavy (non-hydrogen) atoms. The molecule has 2 rings (SSSR count).